The maximum Gasteiger partial charge on any atom is 0.327 e. The molecule has 5 nitrogen and oxygen atoms in total. The molecule has 1 saturated heterocycles. The summed E-state index contributed by atoms with van der Waals surface area (Å²) in [5, 5.41) is 9.07. The van der Waals surface area contributed by atoms with E-state index in [2.05, 4.69) is 5.92 Å². The van der Waals surface area contributed by atoms with Gasteiger partial charge < -0.3 is 5.11 Å². The minimum Gasteiger partial charge on any atom is -0.480 e. The van der Waals surface area contributed by atoms with Crippen molar-refractivity contribution in [2.24, 2.45) is 11.3 Å². The molecule has 0 radical (unpaired) electrons. The zero-order valence-corrected chi connectivity index (χ0v) is 10.8. The molecule has 0 aromatic heterocycles. The number of amides is 2. The zero-order valence-electron chi connectivity index (χ0n) is 10.8. The lowest BCUT2D eigenvalue weighted by Gasteiger charge is -2.27. The van der Waals surface area contributed by atoms with Crippen LogP contribution in [0.4, 0.5) is 0 Å². The minimum atomic E-state index is -1.25. The molecule has 1 aliphatic rings. The van der Waals surface area contributed by atoms with E-state index in [9.17, 15) is 14.4 Å². The Kier molecular flexibility index (Phi) is 3.80. The summed E-state index contributed by atoms with van der Waals surface area (Å²) in [5.41, 5.74) is -0.834. The molecule has 1 rings (SSSR count). The van der Waals surface area contributed by atoms with E-state index in [0.29, 0.717) is 0 Å². The van der Waals surface area contributed by atoms with Crippen LogP contribution < -0.4 is 0 Å². The number of rotatable bonds is 4. The van der Waals surface area contributed by atoms with Gasteiger partial charge in [0.1, 0.15) is 6.04 Å². The highest BCUT2D eigenvalue weighted by Gasteiger charge is 2.53. The third-order valence-electron chi connectivity index (χ3n) is 3.68. The second-order valence-corrected chi connectivity index (χ2v) is 5.08. The quantitative estimate of drug-likeness (QED) is 0.594. The maximum atomic E-state index is 12.3. The van der Waals surface area contributed by atoms with Crippen molar-refractivity contribution in [3.05, 3.63) is 0 Å². The van der Waals surface area contributed by atoms with E-state index in [-0.39, 0.29) is 18.8 Å². The number of terminal acetylenes is 1. The monoisotopic (exact) mass is 251 g/mol. The molecule has 0 spiro atoms. The molecule has 5 heteroatoms. The third kappa shape index (κ3) is 2.10. The lowest BCUT2D eigenvalue weighted by atomic mass is 9.78. The van der Waals surface area contributed by atoms with Crippen LogP contribution >= 0.6 is 0 Å². The highest BCUT2D eigenvalue weighted by atomic mass is 16.4. The maximum absolute atomic E-state index is 12.3. The van der Waals surface area contributed by atoms with Crippen LogP contribution in [-0.4, -0.2) is 33.8 Å². The number of likely N-dealkylation sites (tertiary alicyclic amines) is 1. The number of carboxylic acids is 1. The number of hydrogen-bond acceptors (Lipinski definition) is 3. The van der Waals surface area contributed by atoms with Gasteiger partial charge in [-0.3, -0.25) is 14.5 Å². The van der Waals surface area contributed by atoms with Crippen LogP contribution in [0.2, 0.25) is 0 Å². The van der Waals surface area contributed by atoms with E-state index < -0.39 is 29.2 Å². The Balaban J connectivity index is 3.12. The molecule has 1 heterocycles. The summed E-state index contributed by atoms with van der Waals surface area (Å²) in [6.45, 7) is 5.37. The molecule has 0 bridgehead atoms. The smallest absolute Gasteiger partial charge is 0.327 e. The predicted octanol–water partition coefficient (Wildman–Crippen LogP) is 0.884. The van der Waals surface area contributed by atoms with Crippen LogP contribution in [0.15, 0.2) is 0 Å². The number of carbonyl (C=O) groups is 3. The van der Waals surface area contributed by atoms with Crippen LogP contribution in [0.25, 0.3) is 0 Å². The van der Waals surface area contributed by atoms with Gasteiger partial charge in [0.05, 0.1) is 5.41 Å². The van der Waals surface area contributed by atoms with Crippen LogP contribution in [0, 0.1) is 23.7 Å². The lowest BCUT2D eigenvalue weighted by Crippen LogP contribution is -2.47. The molecule has 0 aromatic rings. The summed E-state index contributed by atoms with van der Waals surface area (Å²) in [6.07, 6.45) is 4.96. The normalized spacial score (nSPS) is 25.4. The Morgan fingerprint density at radius 2 is 2.11 bits per heavy atom. The molecule has 0 saturated carbocycles. The Labute approximate surface area is 106 Å². The summed E-state index contributed by atoms with van der Waals surface area (Å²) >= 11 is 0. The first-order valence-corrected chi connectivity index (χ1v) is 5.78. The molecule has 0 aliphatic carbocycles. The Hall–Kier alpha value is -1.83. The lowest BCUT2D eigenvalue weighted by molar-refractivity contribution is -0.155. The summed E-state index contributed by atoms with van der Waals surface area (Å²) in [7, 11) is 0. The zero-order chi connectivity index (χ0) is 14.1. The molecule has 0 aromatic carbocycles. The first-order chi connectivity index (χ1) is 8.25. The third-order valence-corrected chi connectivity index (χ3v) is 3.68. The van der Waals surface area contributed by atoms with Gasteiger partial charge in [-0.05, 0) is 12.8 Å². The van der Waals surface area contributed by atoms with E-state index in [1.807, 2.05) is 13.8 Å². The van der Waals surface area contributed by atoms with Gasteiger partial charge in [0, 0.05) is 12.8 Å². The Morgan fingerprint density at radius 1 is 1.56 bits per heavy atom. The van der Waals surface area contributed by atoms with Crippen molar-refractivity contribution in [1.82, 2.24) is 4.90 Å². The minimum absolute atomic E-state index is 0.0395. The van der Waals surface area contributed by atoms with Gasteiger partial charge in [0.25, 0.3) is 0 Å². The van der Waals surface area contributed by atoms with Crippen molar-refractivity contribution in [2.45, 2.75) is 39.7 Å². The highest BCUT2D eigenvalue weighted by molar-refractivity contribution is 6.08. The predicted molar refractivity (Wildman–Crippen MR) is 64.3 cm³/mol. The highest BCUT2D eigenvalue weighted by Crippen LogP contribution is 2.40. The van der Waals surface area contributed by atoms with Crippen molar-refractivity contribution in [2.75, 3.05) is 0 Å². The number of imide groups is 1. The van der Waals surface area contributed by atoms with Gasteiger partial charge in [-0.2, -0.15) is 0 Å². The first-order valence-electron chi connectivity index (χ1n) is 5.78. The summed E-state index contributed by atoms with van der Waals surface area (Å²) in [5.74, 6) is 0.00777. The van der Waals surface area contributed by atoms with Crippen molar-refractivity contribution >= 4 is 17.8 Å². The van der Waals surface area contributed by atoms with Crippen molar-refractivity contribution in [3.63, 3.8) is 0 Å². The number of aliphatic carboxylic acids is 1. The number of carboxylic acid groups (broad SMARTS) is 1. The molecule has 98 valence electrons. The van der Waals surface area contributed by atoms with Gasteiger partial charge in [0.15, 0.2) is 0 Å². The molecule has 2 atom stereocenters. The molecular formula is C13H17NO4. The van der Waals surface area contributed by atoms with Crippen molar-refractivity contribution in [3.8, 4) is 12.3 Å². The number of hydrogen-bond donors (Lipinski definition) is 1. The fourth-order valence-electron chi connectivity index (χ4n) is 2.03. The SMILES string of the molecule is C#CCC(C(=O)O)N1C(=O)CC(C)(C(C)C)C1=O. The molecule has 18 heavy (non-hydrogen) atoms. The van der Waals surface area contributed by atoms with Crippen LogP contribution in [0.5, 0.6) is 0 Å². The van der Waals surface area contributed by atoms with Gasteiger partial charge >= 0.3 is 5.97 Å². The van der Waals surface area contributed by atoms with E-state index in [1.54, 1.807) is 6.92 Å². The fourth-order valence-corrected chi connectivity index (χ4v) is 2.03. The second kappa shape index (κ2) is 4.81. The molecule has 1 aliphatic heterocycles. The average molecular weight is 251 g/mol. The summed E-state index contributed by atoms with van der Waals surface area (Å²) < 4.78 is 0. The van der Waals surface area contributed by atoms with Gasteiger partial charge in [0.2, 0.25) is 11.8 Å². The first kappa shape index (κ1) is 14.2. The number of carbonyl (C=O) groups excluding carboxylic acids is 2. The average Bonchev–Trinajstić information content (AvgIpc) is 2.48. The molecule has 1 fully saturated rings. The molecule has 1 N–H and O–H groups in total. The van der Waals surface area contributed by atoms with Gasteiger partial charge in [-0.25, -0.2) is 4.79 Å². The molecule has 2 unspecified atom stereocenters. The standard InChI is InChI=1S/C13H17NO4/c1-5-6-9(11(16)17)14-10(15)7-13(4,8(2)3)12(14)18/h1,8-9H,6-7H2,2-4H3,(H,16,17). The second-order valence-electron chi connectivity index (χ2n) is 5.08. The van der Waals surface area contributed by atoms with Crippen LogP contribution in [0.1, 0.15) is 33.6 Å². The van der Waals surface area contributed by atoms with Gasteiger partial charge in [-0.15, -0.1) is 12.3 Å². The Bertz CT molecular complexity index is 435. The van der Waals surface area contributed by atoms with E-state index in [1.165, 1.54) is 0 Å². The van der Waals surface area contributed by atoms with Crippen molar-refractivity contribution < 1.29 is 19.5 Å². The van der Waals surface area contributed by atoms with Crippen molar-refractivity contribution in [1.29, 1.82) is 0 Å². The Morgan fingerprint density at radius 3 is 2.44 bits per heavy atom. The largest absolute Gasteiger partial charge is 0.480 e. The summed E-state index contributed by atoms with van der Waals surface area (Å²) in [4.78, 5) is 36.1. The van der Waals surface area contributed by atoms with E-state index in [4.69, 9.17) is 11.5 Å². The van der Waals surface area contributed by atoms with Crippen LogP contribution in [-0.2, 0) is 14.4 Å². The van der Waals surface area contributed by atoms with Gasteiger partial charge in [-0.1, -0.05) is 13.8 Å². The van der Waals surface area contributed by atoms with E-state index >= 15 is 0 Å². The fraction of sp³-hybridized carbons (Fsp3) is 0.615. The molecule has 2 amide bonds. The number of nitrogens with zero attached hydrogens (tertiary/aromatic N) is 1. The molecular weight excluding hydrogens is 234 g/mol. The summed E-state index contributed by atoms with van der Waals surface area (Å²) in [6, 6.07) is -1.25. The topological polar surface area (TPSA) is 74.7 Å². The van der Waals surface area contributed by atoms with Crippen LogP contribution in [0.3, 0.4) is 0 Å². The van der Waals surface area contributed by atoms with E-state index in [0.717, 1.165) is 4.90 Å².